The molecule has 0 saturated carbocycles. The summed E-state index contributed by atoms with van der Waals surface area (Å²) in [7, 11) is -2.97. The Morgan fingerprint density at radius 3 is 2.74 bits per heavy atom. The smallest absolute Gasteiger partial charge is 0.230 e. The van der Waals surface area contributed by atoms with Crippen molar-refractivity contribution in [1.29, 1.82) is 0 Å². The van der Waals surface area contributed by atoms with E-state index in [-0.39, 0.29) is 28.9 Å². The van der Waals surface area contributed by atoms with E-state index in [2.05, 4.69) is 12.2 Å². The largest absolute Gasteiger partial charge is 0.337 e. The molecule has 1 N–H and O–H groups in total. The van der Waals surface area contributed by atoms with Crippen LogP contribution in [0.15, 0.2) is 0 Å². The summed E-state index contributed by atoms with van der Waals surface area (Å²) in [5, 5.41) is 3.31. The zero-order chi connectivity index (χ0) is 14.1. The van der Waals surface area contributed by atoms with Crippen LogP contribution in [0.4, 0.5) is 0 Å². The number of sulfone groups is 1. The molecule has 2 saturated heterocycles. The Morgan fingerprint density at radius 1 is 1.47 bits per heavy atom. The molecule has 0 spiro atoms. The molecule has 2 atom stereocenters. The Kier molecular flexibility index (Phi) is 4.20. The number of carbonyl (C=O) groups excluding carboxylic acids is 1. The third-order valence-electron chi connectivity index (χ3n) is 4.53. The lowest BCUT2D eigenvalue weighted by Crippen LogP contribution is -2.57. The molecule has 19 heavy (non-hydrogen) atoms. The molecule has 0 aliphatic carbocycles. The monoisotopic (exact) mass is 288 g/mol. The summed E-state index contributed by atoms with van der Waals surface area (Å²) in [5.74, 6) is 0.354. The Labute approximate surface area is 115 Å². The van der Waals surface area contributed by atoms with Crippen LogP contribution >= 0.6 is 0 Å². The predicted molar refractivity (Wildman–Crippen MR) is 74.7 cm³/mol. The number of carbonyl (C=O) groups is 1. The van der Waals surface area contributed by atoms with Gasteiger partial charge in [0.05, 0.1) is 16.9 Å². The van der Waals surface area contributed by atoms with Crippen molar-refractivity contribution in [1.82, 2.24) is 10.2 Å². The Hall–Kier alpha value is -0.620. The van der Waals surface area contributed by atoms with E-state index in [1.807, 2.05) is 6.92 Å². The first-order valence-corrected chi connectivity index (χ1v) is 8.94. The molecule has 2 aliphatic heterocycles. The molecule has 2 fully saturated rings. The maximum absolute atomic E-state index is 12.8. The molecule has 5 nitrogen and oxygen atoms in total. The predicted octanol–water partition coefficient (Wildman–Crippen LogP) is 0.412. The van der Waals surface area contributed by atoms with Crippen molar-refractivity contribution in [2.45, 2.75) is 39.2 Å². The first-order chi connectivity index (χ1) is 8.90. The van der Waals surface area contributed by atoms with Crippen molar-refractivity contribution < 1.29 is 13.2 Å². The minimum Gasteiger partial charge on any atom is -0.337 e. The Morgan fingerprint density at radius 2 is 2.21 bits per heavy atom. The normalized spacial score (nSPS) is 35.1. The topological polar surface area (TPSA) is 66.5 Å². The molecule has 110 valence electrons. The number of piperidine rings is 1. The lowest BCUT2D eigenvalue weighted by atomic mass is 9.77. The van der Waals surface area contributed by atoms with E-state index in [1.54, 1.807) is 4.90 Å². The van der Waals surface area contributed by atoms with Gasteiger partial charge < -0.3 is 10.2 Å². The van der Waals surface area contributed by atoms with Gasteiger partial charge in [0, 0.05) is 19.1 Å². The zero-order valence-corrected chi connectivity index (χ0v) is 12.6. The molecule has 0 aromatic heterocycles. The van der Waals surface area contributed by atoms with Gasteiger partial charge in [-0.25, -0.2) is 8.42 Å². The van der Waals surface area contributed by atoms with E-state index in [0.29, 0.717) is 6.54 Å². The quantitative estimate of drug-likeness (QED) is 0.799. The molecule has 0 radical (unpaired) electrons. The maximum atomic E-state index is 12.8. The lowest BCUT2D eigenvalue weighted by Gasteiger charge is -2.43. The van der Waals surface area contributed by atoms with Gasteiger partial charge in [-0.15, -0.1) is 0 Å². The van der Waals surface area contributed by atoms with Gasteiger partial charge in [0.1, 0.15) is 0 Å². The first kappa shape index (κ1) is 14.8. The van der Waals surface area contributed by atoms with Crippen LogP contribution in [0.1, 0.15) is 33.1 Å². The molecular weight excluding hydrogens is 264 g/mol. The van der Waals surface area contributed by atoms with Gasteiger partial charge in [-0.3, -0.25) is 4.79 Å². The summed E-state index contributed by atoms with van der Waals surface area (Å²) < 4.78 is 23.2. The maximum Gasteiger partial charge on any atom is 0.230 e. The van der Waals surface area contributed by atoms with E-state index in [1.165, 1.54) is 0 Å². The fraction of sp³-hybridized carbons (Fsp3) is 0.923. The van der Waals surface area contributed by atoms with Gasteiger partial charge in [-0.2, -0.15) is 0 Å². The minimum atomic E-state index is -2.97. The van der Waals surface area contributed by atoms with Gasteiger partial charge in [0.25, 0.3) is 0 Å². The van der Waals surface area contributed by atoms with Crippen molar-refractivity contribution in [3.05, 3.63) is 0 Å². The molecule has 2 rings (SSSR count). The number of nitrogens with zero attached hydrogens (tertiary/aromatic N) is 1. The molecule has 2 aliphatic rings. The number of hydrogen-bond donors (Lipinski definition) is 1. The van der Waals surface area contributed by atoms with Gasteiger partial charge in [-0.05, 0) is 32.7 Å². The molecule has 0 aromatic rings. The molecule has 2 heterocycles. The fourth-order valence-electron chi connectivity index (χ4n) is 3.21. The first-order valence-electron chi connectivity index (χ1n) is 7.12. The van der Waals surface area contributed by atoms with Gasteiger partial charge >= 0.3 is 0 Å². The number of hydrogen-bond acceptors (Lipinski definition) is 4. The van der Waals surface area contributed by atoms with Crippen molar-refractivity contribution in [3.63, 3.8) is 0 Å². The van der Waals surface area contributed by atoms with Crippen LogP contribution in [0, 0.1) is 5.41 Å². The highest BCUT2D eigenvalue weighted by atomic mass is 32.2. The fourth-order valence-corrected chi connectivity index (χ4v) is 4.76. The molecule has 2 unspecified atom stereocenters. The van der Waals surface area contributed by atoms with E-state index >= 15 is 0 Å². The summed E-state index contributed by atoms with van der Waals surface area (Å²) in [6, 6.07) is -0.198. The van der Waals surface area contributed by atoms with Crippen LogP contribution in [-0.4, -0.2) is 56.4 Å². The van der Waals surface area contributed by atoms with Crippen LogP contribution in [0.5, 0.6) is 0 Å². The van der Waals surface area contributed by atoms with Crippen molar-refractivity contribution >= 4 is 15.7 Å². The van der Waals surface area contributed by atoms with E-state index < -0.39 is 9.84 Å². The number of rotatable bonds is 2. The van der Waals surface area contributed by atoms with Crippen LogP contribution in [-0.2, 0) is 14.6 Å². The second kappa shape index (κ2) is 5.40. The zero-order valence-electron chi connectivity index (χ0n) is 11.8. The summed E-state index contributed by atoms with van der Waals surface area (Å²) >= 11 is 0. The SMILES string of the molecule is CCC1(C(=O)N2CCS(=O)(=O)CC2C)CCCNC1. The van der Waals surface area contributed by atoms with E-state index in [0.717, 1.165) is 32.4 Å². The molecule has 0 bridgehead atoms. The minimum absolute atomic E-state index is 0.103. The van der Waals surface area contributed by atoms with Crippen molar-refractivity contribution in [2.75, 3.05) is 31.1 Å². The molecule has 1 amide bonds. The van der Waals surface area contributed by atoms with Gasteiger partial charge in [0.15, 0.2) is 9.84 Å². The van der Waals surface area contributed by atoms with Crippen molar-refractivity contribution in [3.8, 4) is 0 Å². The highest BCUT2D eigenvalue weighted by Crippen LogP contribution is 2.33. The standard InChI is InChI=1S/C13H24N2O3S/c1-3-13(5-4-6-14-10-13)12(16)15-7-8-19(17,18)9-11(15)2/h11,14H,3-10H2,1-2H3. The molecular formula is C13H24N2O3S. The average molecular weight is 288 g/mol. The van der Waals surface area contributed by atoms with Crippen LogP contribution < -0.4 is 5.32 Å². The van der Waals surface area contributed by atoms with Crippen LogP contribution in [0.2, 0.25) is 0 Å². The third-order valence-corrected chi connectivity index (χ3v) is 6.33. The number of amides is 1. The lowest BCUT2D eigenvalue weighted by molar-refractivity contribution is -0.145. The van der Waals surface area contributed by atoms with Gasteiger partial charge in [0.2, 0.25) is 5.91 Å². The third kappa shape index (κ3) is 2.94. The average Bonchev–Trinajstić information content (AvgIpc) is 2.38. The van der Waals surface area contributed by atoms with Crippen LogP contribution in [0.25, 0.3) is 0 Å². The Bertz CT molecular complexity index is 441. The highest BCUT2D eigenvalue weighted by molar-refractivity contribution is 7.91. The molecule has 0 aromatic carbocycles. The second-order valence-electron chi connectivity index (χ2n) is 5.88. The summed E-state index contributed by atoms with van der Waals surface area (Å²) in [5.41, 5.74) is -0.326. The number of nitrogens with one attached hydrogen (secondary N) is 1. The Balaban J connectivity index is 2.14. The summed E-state index contributed by atoms with van der Waals surface area (Å²) in [4.78, 5) is 14.6. The highest BCUT2D eigenvalue weighted by Gasteiger charge is 2.43. The van der Waals surface area contributed by atoms with E-state index in [4.69, 9.17) is 0 Å². The summed E-state index contributed by atoms with van der Waals surface area (Å²) in [6.45, 7) is 5.94. The molecule has 6 heteroatoms. The van der Waals surface area contributed by atoms with Gasteiger partial charge in [-0.1, -0.05) is 6.92 Å². The van der Waals surface area contributed by atoms with Crippen LogP contribution in [0.3, 0.4) is 0 Å². The summed E-state index contributed by atoms with van der Waals surface area (Å²) in [6.07, 6.45) is 2.74. The second-order valence-corrected chi connectivity index (χ2v) is 8.10. The van der Waals surface area contributed by atoms with E-state index in [9.17, 15) is 13.2 Å². The van der Waals surface area contributed by atoms with Crippen molar-refractivity contribution in [2.24, 2.45) is 5.41 Å².